The lowest BCUT2D eigenvalue weighted by molar-refractivity contribution is -0.145. The van der Waals surface area contributed by atoms with E-state index in [1.54, 1.807) is 12.1 Å². The average molecular weight is 635 g/mol. The van der Waals surface area contributed by atoms with Crippen LogP contribution in [0, 0.1) is 11.7 Å². The summed E-state index contributed by atoms with van der Waals surface area (Å²) in [5.41, 5.74) is -0.409. The number of amides is 4. The Morgan fingerprint density at radius 2 is 1.98 bits per heavy atom. The number of allylic oxidation sites excluding steroid dienone is 1. The Bertz CT molecular complexity index is 1570. The van der Waals surface area contributed by atoms with Crippen LogP contribution >= 0.6 is 0 Å². The SMILES string of the molecule is O=C(N[C@H]1CCCCC/C=C\[C@@H]2C[C@@]2(C(=O)O)NC(=O)[C@@H]2C[C@@H](OC(=O)N3Cc4cccc(F)c4C3)CN2C1=O)c1cnccn1. The topological polar surface area (TPSA) is 171 Å². The standard InChI is InChI=1S/C32H35FN6O7/c33-23-9-6-7-19-16-38(18-22(19)23)31(45)46-21-13-26-28(41)37-32(30(43)44)14-20(32)8-4-2-1-3-5-10-24(29(42)39(26)17-21)36-27(40)25-15-34-11-12-35-25/h4,6-9,11-12,15,20-21,24,26H,1-3,5,10,13-14,16-18H2,(H,36,40)(H,37,41)(H,43,44)/b8-4-/t20-,21-,24+,26+,32-/m1/s1. The molecule has 13 nitrogen and oxygen atoms in total. The number of halogens is 1. The van der Waals surface area contributed by atoms with Gasteiger partial charge < -0.3 is 25.4 Å². The van der Waals surface area contributed by atoms with Gasteiger partial charge in [-0.25, -0.2) is 19.0 Å². The molecule has 14 heteroatoms. The van der Waals surface area contributed by atoms with Crippen molar-refractivity contribution in [2.24, 2.45) is 5.92 Å². The van der Waals surface area contributed by atoms with Crippen molar-refractivity contribution < 1.29 is 38.2 Å². The smallest absolute Gasteiger partial charge is 0.410 e. The molecule has 4 amide bonds. The number of fused-ring (bicyclic) bond motifs is 3. The number of aliphatic carboxylic acids is 1. The molecule has 5 atom stereocenters. The summed E-state index contributed by atoms with van der Waals surface area (Å²) in [7, 11) is 0. The second-order valence-electron chi connectivity index (χ2n) is 12.2. The van der Waals surface area contributed by atoms with Gasteiger partial charge in [-0.3, -0.25) is 24.3 Å². The van der Waals surface area contributed by atoms with Gasteiger partial charge in [0.15, 0.2) is 0 Å². The molecule has 3 aliphatic heterocycles. The van der Waals surface area contributed by atoms with E-state index in [2.05, 4.69) is 20.6 Å². The highest BCUT2D eigenvalue weighted by atomic mass is 19.1. The third-order valence-corrected chi connectivity index (χ3v) is 9.17. The van der Waals surface area contributed by atoms with Crippen molar-refractivity contribution in [3.05, 3.63) is 71.6 Å². The number of hydrogen-bond acceptors (Lipinski definition) is 8. The van der Waals surface area contributed by atoms with Gasteiger partial charge in [0.2, 0.25) is 11.8 Å². The third-order valence-electron chi connectivity index (χ3n) is 9.17. The largest absolute Gasteiger partial charge is 0.479 e. The molecule has 242 valence electrons. The molecule has 1 saturated heterocycles. The maximum Gasteiger partial charge on any atom is 0.410 e. The van der Waals surface area contributed by atoms with Crippen LogP contribution in [-0.2, 0) is 32.2 Å². The molecule has 4 aliphatic rings. The molecular weight excluding hydrogens is 599 g/mol. The van der Waals surface area contributed by atoms with Gasteiger partial charge in [-0.2, -0.15) is 0 Å². The van der Waals surface area contributed by atoms with Gasteiger partial charge in [-0.1, -0.05) is 37.1 Å². The predicted molar refractivity (Wildman–Crippen MR) is 158 cm³/mol. The van der Waals surface area contributed by atoms with Crippen molar-refractivity contribution in [3.63, 3.8) is 0 Å². The Labute approximate surface area is 264 Å². The number of carbonyl (C=O) groups is 5. The number of hydrogen-bond donors (Lipinski definition) is 3. The Balaban J connectivity index is 1.24. The lowest BCUT2D eigenvalue weighted by atomic mass is 10.0. The molecule has 0 bridgehead atoms. The maximum absolute atomic E-state index is 14.3. The number of rotatable bonds is 4. The zero-order valence-corrected chi connectivity index (χ0v) is 25.1. The van der Waals surface area contributed by atoms with Crippen LogP contribution in [0.5, 0.6) is 0 Å². The number of carbonyl (C=O) groups excluding carboxylic acids is 4. The van der Waals surface area contributed by atoms with Crippen LogP contribution in [0.4, 0.5) is 9.18 Å². The van der Waals surface area contributed by atoms with Gasteiger partial charge in [-0.15, -0.1) is 0 Å². The van der Waals surface area contributed by atoms with E-state index in [4.69, 9.17) is 4.74 Å². The van der Waals surface area contributed by atoms with Crippen molar-refractivity contribution >= 4 is 29.8 Å². The number of benzene rings is 1. The molecule has 2 fully saturated rings. The quantitative estimate of drug-likeness (QED) is 0.427. The highest BCUT2D eigenvalue weighted by molar-refractivity contribution is 5.98. The molecule has 1 saturated carbocycles. The van der Waals surface area contributed by atoms with E-state index < -0.39 is 65.2 Å². The van der Waals surface area contributed by atoms with Crippen LogP contribution in [0.3, 0.4) is 0 Å². The summed E-state index contributed by atoms with van der Waals surface area (Å²) >= 11 is 0. The molecule has 6 rings (SSSR count). The van der Waals surface area contributed by atoms with E-state index in [1.807, 2.05) is 12.2 Å². The molecule has 1 aliphatic carbocycles. The summed E-state index contributed by atoms with van der Waals surface area (Å²) in [4.78, 5) is 76.9. The van der Waals surface area contributed by atoms with Crippen molar-refractivity contribution in [1.82, 2.24) is 30.4 Å². The van der Waals surface area contributed by atoms with E-state index in [-0.39, 0.29) is 44.6 Å². The zero-order valence-electron chi connectivity index (χ0n) is 25.1. The summed E-state index contributed by atoms with van der Waals surface area (Å²) in [5.74, 6) is -3.84. The first kappa shape index (κ1) is 31.1. The Morgan fingerprint density at radius 3 is 2.74 bits per heavy atom. The molecule has 1 aromatic heterocycles. The first-order valence-electron chi connectivity index (χ1n) is 15.5. The van der Waals surface area contributed by atoms with Crippen molar-refractivity contribution in [3.8, 4) is 0 Å². The third kappa shape index (κ3) is 6.28. The summed E-state index contributed by atoms with van der Waals surface area (Å²) < 4.78 is 20.1. The fourth-order valence-corrected chi connectivity index (χ4v) is 6.52. The number of carboxylic acid groups (broad SMARTS) is 1. The summed E-state index contributed by atoms with van der Waals surface area (Å²) in [5, 5.41) is 15.5. The van der Waals surface area contributed by atoms with Gasteiger partial charge in [0, 0.05) is 36.8 Å². The molecule has 0 spiro atoms. The lowest BCUT2D eigenvalue weighted by Crippen LogP contribution is -2.56. The number of ether oxygens (including phenoxy) is 1. The fraction of sp³-hybridized carbons (Fsp3) is 0.469. The maximum atomic E-state index is 14.3. The van der Waals surface area contributed by atoms with Gasteiger partial charge in [-0.05, 0) is 37.3 Å². The van der Waals surface area contributed by atoms with Crippen molar-refractivity contribution in [1.29, 1.82) is 0 Å². The molecule has 3 N–H and O–H groups in total. The normalized spacial score (nSPS) is 28.5. The van der Waals surface area contributed by atoms with Crippen molar-refractivity contribution in [2.45, 2.75) is 81.8 Å². The fourth-order valence-electron chi connectivity index (χ4n) is 6.52. The summed E-state index contributed by atoms with van der Waals surface area (Å²) in [6.07, 6.45) is 9.42. The van der Waals surface area contributed by atoms with E-state index in [9.17, 15) is 33.5 Å². The molecule has 46 heavy (non-hydrogen) atoms. The Kier molecular flexibility index (Phi) is 8.69. The molecule has 2 aromatic rings. The van der Waals surface area contributed by atoms with Gasteiger partial charge >= 0.3 is 12.1 Å². The van der Waals surface area contributed by atoms with Crippen molar-refractivity contribution in [2.75, 3.05) is 6.54 Å². The Morgan fingerprint density at radius 1 is 1.13 bits per heavy atom. The van der Waals surface area contributed by atoms with Gasteiger partial charge in [0.05, 0.1) is 19.3 Å². The van der Waals surface area contributed by atoms with E-state index >= 15 is 0 Å². The highest BCUT2D eigenvalue weighted by Crippen LogP contribution is 2.45. The number of nitrogens with zero attached hydrogens (tertiary/aromatic N) is 4. The summed E-state index contributed by atoms with van der Waals surface area (Å²) in [6, 6.07) is 2.43. The number of nitrogens with one attached hydrogen (secondary N) is 2. The first-order chi connectivity index (χ1) is 22.2. The number of carboxylic acids is 1. The lowest BCUT2D eigenvalue weighted by Gasteiger charge is -2.29. The predicted octanol–water partition coefficient (Wildman–Crippen LogP) is 2.32. The average Bonchev–Trinajstić information content (AvgIpc) is 3.35. The molecule has 0 radical (unpaired) electrons. The molecule has 1 aromatic carbocycles. The van der Waals surface area contributed by atoms with E-state index in [0.29, 0.717) is 24.0 Å². The molecule has 0 unspecified atom stereocenters. The Hall–Kier alpha value is -4.88. The minimum absolute atomic E-state index is 0.0186. The van der Waals surface area contributed by atoms with E-state index in [0.717, 1.165) is 12.8 Å². The van der Waals surface area contributed by atoms with Crippen LogP contribution in [0.1, 0.15) is 66.6 Å². The zero-order chi connectivity index (χ0) is 32.4. The first-order valence-corrected chi connectivity index (χ1v) is 15.5. The minimum atomic E-state index is -1.50. The second-order valence-corrected chi connectivity index (χ2v) is 12.2. The highest BCUT2D eigenvalue weighted by Gasteiger charge is 2.61. The molecular formula is C32H35FN6O7. The minimum Gasteiger partial charge on any atom is -0.479 e. The van der Waals surface area contributed by atoms with E-state index in [1.165, 1.54) is 34.5 Å². The second kappa shape index (κ2) is 12.9. The summed E-state index contributed by atoms with van der Waals surface area (Å²) in [6.45, 7) is 0.0170. The van der Waals surface area contributed by atoms with Crippen LogP contribution in [-0.4, -0.2) is 84.9 Å². The van der Waals surface area contributed by atoms with Crippen LogP contribution in [0.25, 0.3) is 0 Å². The van der Waals surface area contributed by atoms with Crippen LogP contribution in [0.15, 0.2) is 48.9 Å². The molecule has 4 heterocycles. The van der Waals surface area contributed by atoms with Crippen LogP contribution < -0.4 is 10.6 Å². The van der Waals surface area contributed by atoms with Gasteiger partial charge in [0.1, 0.15) is 35.2 Å². The monoisotopic (exact) mass is 634 g/mol. The van der Waals surface area contributed by atoms with Crippen LogP contribution in [0.2, 0.25) is 0 Å². The number of aromatic nitrogens is 2. The van der Waals surface area contributed by atoms with Gasteiger partial charge in [0.25, 0.3) is 5.91 Å².